The summed E-state index contributed by atoms with van der Waals surface area (Å²) in [6.07, 6.45) is 7.75. The van der Waals surface area contributed by atoms with Gasteiger partial charge in [0.2, 0.25) is 0 Å². The maximum atomic E-state index is 5.25. The molecule has 0 amide bonds. The van der Waals surface area contributed by atoms with Gasteiger partial charge in [-0.25, -0.2) is 4.98 Å². The smallest absolute Gasteiger partial charge is 0.122 e. The van der Waals surface area contributed by atoms with Gasteiger partial charge in [0.15, 0.2) is 0 Å². The highest BCUT2D eigenvalue weighted by molar-refractivity contribution is 5.27. The summed E-state index contributed by atoms with van der Waals surface area (Å²) in [6, 6.07) is 8.49. The van der Waals surface area contributed by atoms with E-state index in [2.05, 4.69) is 63.8 Å². The standard InChI is InChI=1S/C22H34N4O/c1-4-26-15-12-23-22(26)18-24(2)16-20-6-5-13-25(17-20)14-11-19-7-9-21(27-3)10-8-19/h7-10,12,15,20H,4-6,11,13-14,16-18H2,1-3H3/t20-/m0/s1. The Bertz CT molecular complexity index is 682. The Labute approximate surface area is 163 Å². The molecule has 0 spiro atoms. The van der Waals surface area contributed by atoms with E-state index in [0.717, 1.165) is 44.3 Å². The molecule has 0 N–H and O–H groups in total. The number of benzene rings is 1. The van der Waals surface area contributed by atoms with E-state index in [1.165, 1.54) is 37.3 Å². The van der Waals surface area contributed by atoms with E-state index in [9.17, 15) is 0 Å². The number of aryl methyl sites for hydroxylation is 1. The van der Waals surface area contributed by atoms with Gasteiger partial charge in [-0.15, -0.1) is 0 Å². The van der Waals surface area contributed by atoms with Crippen molar-refractivity contribution in [2.75, 3.05) is 40.3 Å². The fraction of sp³-hybridized carbons (Fsp3) is 0.591. The van der Waals surface area contributed by atoms with Crippen molar-refractivity contribution in [1.82, 2.24) is 19.4 Å². The molecule has 0 bridgehead atoms. The third-order valence-corrected chi connectivity index (χ3v) is 5.60. The first-order valence-corrected chi connectivity index (χ1v) is 10.2. The normalized spacial score (nSPS) is 18.1. The van der Waals surface area contributed by atoms with E-state index < -0.39 is 0 Å². The van der Waals surface area contributed by atoms with Crippen LogP contribution in [0, 0.1) is 5.92 Å². The molecule has 1 aliphatic heterocycles. The summed E-state index contributed by atoms with van der Waals surface area (Å²) in [7, 11) is 3.94. The Balaban J connectivity index is 1.44. The van der Waals surface area contributed by atoms with Crippen LogP contribution in [0.15, 0.2) is 36.7 Å². The summed E-state index contributed by atoms with van der Waals surface area (Å²) in [5.74, 6) is 2.86. The number of aromatic nitrogens is 2. The predicted molar refractivity (Wildman–Crippen MR) is 110 cm³/mol. The number of rotatable bonds is 9. The fourth-order valence-electron chi connectivity index (χ4n) is 4.11. The molecule has 2 aromatic rings. The van der Waals surface area contributed by atoms with Crippen LogP contribution in [0.2, 0.25) is 0 Å². The summed E-state index contributed by atoms with van der Waals surface area (Å²) in [6.45, 7) is 8.84. The number of ether oxygens (including phenoxy) is 1. The largest absolute Gasteiger partial charge is 0.497 e. The SMILES string of the molecule is CCn1ccnc1CN(C)C[C@@H]1CCCN(CCc2ccc(OC)cc2)C1. The zero-order valence-electron chi connectivity index (χ0n) is 17.1. The van der Waals surface area contributed by atoms with Gasteiger partial charge in [-0.05, 0) is 63.4 Å². The second kappa shape index (κ2) is 9.90. The zero-order chi connectivity index (χ0) is 19.1. The van der Waals surface area contributed by atoms with Gasteiger partial charge in [0.05, 0.1) is 13.7 Å². The highest BCUT2D eigenvalue weighted by atomic mass is 16.5. The van der Waals surface area contributed by atoms with Crippen molar-refractivity contribution in [3.05, 3.63) is 48.0 Å². The van der Waals surface area contributed by atoms with Crippen LogP contribution in [0.25, 0.3) is 0 Å². The number of nitrogens with zero attached hydrogens (tertiary/aromatic N) is 4. The van der Waals surface area contributed by atoms with E-state index in [1.807, 2.05) is 6.20 Å². The lowest BCUT2D eigenvalue weighted by Gasteiger charge is -2.34. The van der Waals surface area contributed by atoms with Crippen LogP contribution in [0.1, 0.15) is 31.2 Å². The first-order valence-electron chi connectivity index (χ1n) is 10.2. The second-order valence-corrected chi connectivity index (χ2v) is 7.73. The molecule has 5 nitrogen and oxygen atoms in total. The topological polar surface area (TPSA) is 33.5 Å². The van der Waals surface area contributed by atoms with Crippen LogP contribution in [-0.2, 0) is 19.5 Å². The molecule has 3 rings (SSSR count). The highest BCUT2D eigenvalue weighted by Gasteiger charge is 2.21. The number of imidazole rings is 1. The third kappa shape index (κ3) is 5.81. The van der Waals surface area contributed by atoms with Gasteiger partial charge >= 0.3 is 0 Å². The lowest BCUT2D eigenvalue weighted by atomic mass is 9.97. The van der Waals surface area contributed by atoms with Crippen molar-refractivity contribution in [3.8, 4) is 5.75 Å². The first-order chi connectivity index (χ1) is 13.2. The van der Waals surface area contributed by atoms with Gasteiger partial charge in [-0.2, -0.15) is 0 Å². The lowest BCUT2D eigenvalue weighted by Crippen LogP contribution is -2.41. The minimum Gasteiger partial charge on any atom is -0.497 e. The van der Waals surface area contributed by atoms with E-state index >= 15 is 0 Å². The first kappa shape index (κ1) is 19.9. The molecular formula is C22H34N4O. The molecule has 5 heteroatoms. The maximum absolute atomic E-state index is 5.25. The molecule has 0 unspecified atom stereocenters. The Hall–Kier alpha value is -1.85. The van der Waals surface area contributed by atoms with Crippen molar-refractivity contribution in [2.24, 2.45) is 5.92 Å². The Morgan fingerprint density at radius 1 is 1.26 bits per heavy atom. The summed E-state index contributed by atoms with van der Waals surface area (Å²) in [5, 5.41) is 0. The Morgan fingerprint density at radius 2 is 2.07 bits per heavy atom. The molecule has 1 aliphatic rings. The maximum Gasteiger partial charge on any atom is 0.122 e. The molecule has 1 saturated heterocycles. The average molecular weight is 371 g/mol. The van der Waals surface area contributed by atoms with Gasteiger partial charge in [-0.1, -0.05) is 12.1 Å². The monoisotopic (exact) mass is 370 g/mol. The summed E-state index contributed by atoms with van der Waals surface area (Å²) in [4.78, 5) is 9.59. The summed E-state index contributed by atoms with van der Waals surface area (Å²) in [5.41, 5.74) is 1.39. The molecule has 1 aromatic carbocycles. The fourth-order valence-corrected chi connectivity index (χ4v) is 4.11. The van der Waals surface area contributed by atoms with Crippen molar-refractivity contribution in [1.29, 1.82) is 0 Å². The molecule has 0 radical (unpaired) electrons. The van der Waals surface area contributed by atoms with E-state index in [1.54, 1.807) is 7.11 Å². The quantitative estimate of drug-likeness (QED) is 0.678. The van der Waals surface area contributed by atoms with Crippen LogP contribution >= 0.6 is 0 Å². The molecule has 148 valence electrons. The Morgan fingerprint density at radius 3 is 2.81 bits per heavy atom. The number of piperidine rings is 1. The van der Waals surface area contributed by atoms with E-state index in [4.69, 9.17) is 4.74 Å². The molecule has 1 aromatic heterocycles. The van der Waals surface area contributed by atoms with Crippen LogP contribution in [0.5, 0.6) is 5.75 Å². The summed E-state index contributed by atoms with van der Waals surface area (Å²) < 4.78 is 7.48. The molecular weight excluding hydrogens is 336 g/mol. The number of likely N-dealkylation sites (tertiary alicyclic amines) is 1. The van der Waals surface area contributed by atoms with Crippen molar-refractivity contribution >= 4 is 0 Å². The number of hydrogen-bond donors (Lipinski definition) is 0. The van der Waals surface area contributed by atoms with E-state index in [-0.39, 0.29) is 0 Å². The van der Waals surface area contributed by atoms with Gasteiger partial charge in [0, 0.05) is 38.6 Å². The van der Waals surface area contributed by atoms with Gasteiger partial charge in [0.1, 0.15) is 11.6 Å². The van der Waals surface area contributed by atoms with Gasteiger partial charge in [-0.3, -0.25) is 4.90 Å². The van der Waals surface area contributed by atoms with Crippen molar-refractivity contribution in [2.45, 2.75) is 39.3 Å². The minimum atomic E-state index is 0.754. The Kier molecular flexibility index (Phi) is 7.30. The molecule has 27 heavy (non-hydrogen) atoms. The van der Waals surface area contributed by atoms with Crippen molar-refractivity contribution in [3.63, 3.8) is 0 Å². The van der Waals surface area contributed by atoms with Crippen LogP contribution in [0.4, 0.5) is 0 Å². The van der Waals surface area contributed by atoms with Crippen LogP contribution in [-0.4, -0.2) is 59.7 Å². The molecule has 1 atom stereocenters. The van der Waals surface area contributed by atoms with Gasteiger partial charge < -0.3 is 14.2 Å². The highest BCUT2D eigenvalue weighted by Crippen LogP contribution is 2.19. The third-order valence-electron chi connectivity index (χ3n) is 5.60. The zero-order valence-corrected chi connectivity index (χ0v) is 17.1. The predicted octanol–water partition coefficient (Wildman–Crippen LogP) is 3.30. The average Bonchev–Trinajstić information content (AvgIpc) is 3.14. The minimum absolute atomic E-state index is 0.754. The molecule has 0 saturated carbocycles. The van der Waals surface area contributed by atoms with Crippen LogP contribution < -0.4 is 4.74 Å². The lowest BCUT2D eigenvalue weighted by molar-refractivity contribution is 0.141. The molecule has 1 fully saturated rings. The van der Waals surface area contributed by atoms with Crippen LogP contribution in [0.3, 0.4) is 0 Å². The number of hydrogen-bond acceptors (Lipinski definition) is 4. The second-order valence-electron chi connectivity index (χ2n) is 7.73. The molecule has 2 heterocycles. The van der Waals surface area contributed by atoms with E-state index in [0.29, 0.717) is 0 Å². The van der Waals surface area contributed by atoms with Crippen molar-refractivity contribution < 1.29 is 4.74 Å². The summed E-state index contributed by atoms with van der Waals surface area (Å²) >= 11 is 0. The van der Waals surface area contributed by atoms with Gasteiger partial charge in [0.25, 0.3) is 0 Å². The molecule has 0 aliphatic carbocycles. The number of methoxy groups -OCH3 is 1.